The maximum absolute atomic E-state index is 12.5. The molecule has 0 bridgehead atoms. The van der Waals surface area contributed by atoms with Crippen molar-refractivity contribution in [2.75, 3.05) is 0 Å². The highest BCUT2D eigenvalue weighted by atomic mass is 79.9. The molecule has 0 unspecified atom stereocenters. The third kappa shape index (κ3) is 2.84. The van der Waals surface area contributed by atoms with Crippen molar-refractivity contribution in [1.29, 1.82) is 0 Å². The van der Waals surface area contributed by atoms with Gasteiger partial charge in [-0.15, -0.1) is 0 Å². The van der Waals surface area contributed by atoms with Crippen molar-refractivity contribution in [3.63, 3.8) is 0 Å². The second-order valence-electron chi connectivity index (χ2n) is 3.05. The largest absolute Gasteiger partial charge is 0.499 e. The van der Waals surface area contributed by atoms with Crippen LogP contribution in [-0.4, -0.2) is 12.3 Å². The topological polar surface area (TPSA) is 9.23 Å². The first-order chi connectivity index (χ1) is 7.13. The summed E-state index contributed by atoms with van der Waals surface area (Å²) < 4.78 is 64.3. The molecule has 0 aliphatic heterocycles. The van der Waals surface area contributed by atoms with Gasteiger partial charge in [0.15, 0.2) is 0 Å². The van der Waals surface area contributed by atoms with Crippen LogP contribution in [0.25, 0.3) is 0 Å². The van der Waals surface area contributed by atoms with Gasteiger partial charge in [0.2, 0.25) is 0 Å². The molecule has 0 aliphatic carbocycles. The molecular weight excluding hydrogens is 299 g/mol. The molecule has 7 heteroatoms. The maximum atomic E-state index is 12.5. The minimum absolute atomic E-state index is 0.0384. The molecule has 0 atom stereocenters. The highest BCUT2D eigenvalue weighted by Crippen LogP contribution is 2.39. The van der Waals surface area contributed by atoms with E-state index in [0.717, 1.165) is 6.07 Å². The molecule has 0 N–H and O–H groups in total. The van der Waals surface area contributed by atoms with Gasteiger partial charge in [0.1, 0.15) is 5.75 Å². The summed E-state index contributed by atoms with van der Waals surface area (Å²) in [4.78, 5) is 0. The number of benzene rings is 1. The SMILES string of the molecule is Cc1ccc(OC(F)(F)C(F)(F)F)c(Br)c1. The van der Waals surface area contributed by atoms with Gasteiger partial charge in [0.05, 0.1) is 4.47 Å². The lowest BCUT2D eigenvalue weighted by atomic mass is 10.2. The van der Waals surface area contributed by atoms with Crippen molar-refractivity contribution in [2.45, 2.75) is 19.2 Å². The van der Waals surface area contributed by atoms with Gasteiger partial charge >= 0.3 is 12.3 Å². The van der Waals surface area contributed by atoms with Crippen LogP contribution in [0.15, 0.2) is 22.7 Å². The molecule has 90 valence electrons. The molecule has 1 aromatic rings. The molecule has 0 amide bonds. The molecule has 0 radical (unpaired) electrons. The Morgan fingerprint density at radius 2 is 1.69 bits per heavy atom. The molecule has 16 heavy (non-hydrogen) atoms. The van der Waals surface area contributed by atoms with E-state index >= 15 is 0 Å². The first-order valence-electron chi connectivity index (χ1n) is 4.03. The summed E-state index contributed by atoms with van der Waals surface area (Å²) in [6.07, 6.45) is -10.9. The fraction of sp³-hybridized carbons (Fsp3) is 0.333. The maximum Gasteiger partial charge on any atom is 0.499 e. The molecular formula is C9H6BrF5O. The Bertz CT molecular complexity index is 388. The monoisotopic (exact) mass is 304 g/mol. The highest BCUT2D eigenvalue weighted by molar-refractivity contribution is 9.10. The zero-order chi connectivity index (χ0) is 12.6. The summed E-state index contributed by atoms with van der Waals surface area (Å²) in [5.41, 5.74) is 0.703. The van der Waals surface area contributed by atoms with Gasteiger partial charge in [0.25, 0.3) is 0 Å². The summed E-state index contributed by atoms with van der Waals surface area (Å²) in [6.45, 7) is 1.66. The second-order valence-corrected chi connectivity index (χ2v) is 3.90. The molecule has 1 rings (SSSR count). The lowest BCUT2D eigenvalue weighted by molar-refractivity contribution is -0.360. The summed E-state index contributed by atoms with van der Waals surface area (Å²) in [7, 11) is 0. The van der Waals surface area contributed by atoms with E-state index in [9.17, 15) is 22.0 Å². The number of rotatable bonds is 2. The summed E-state index contributed by atoms with van der Waals surface area (Å²) >= 11 is 2.84. The zero-order valence-electron chi connectivity index (χ0n) is 7.91. The van der Waals surface area contributed by atoms with Crippen LogP contribution in [0.5, 0.6) is 5.75 Å². The molecule has 0 aliphatic rings. The minimum atomic E-state index is -5.74. The predicted molar refractivity (Wildman–Crippen MR) is 50.5 cm³/mol. The van der Waals surface area contributed by atoms with Crippen molar-refractivity contribution < 1.29 is 26.7 Å². The van der Waals surface area contributed by atoms with Crippen LogP contribution < -0.4 is 4.74 Å². The highest BCUT2D eigenvalue weighted by Gasteiger charge is 2.61. The van der Waals surface area contributed by atoms with Gasteiger partial charge in [-0.3, -0.25) is 0 Å². The van der Waals surface area contributed by atoms with E-state index in [-0.39, 0.29) is 4.47 Å². The molecule has 0 heterocycles. The minimum Gasteiger partial charge on any atom is -0.425 e. The van der Waals surface area contributed by atoms with Crippen molar-refractivity contribution in [3.05, 3.63) is 28.2 Å². The lowest BCUT2D eigenvalue weighted by Gasteiger charge is -2.20. The molecule has 0 fully saturated rings. The molecule has 0 saturated carbocycles. The number of halogens is 6. The predicted octanol–water partition coefficient (Wildman–Crippen LogP) is 4.29. The van der Waals surface area contributed by atoms with Gasteiger partial charge in [-0.2, -0.15) is 22.0 Å². The lowest BCUT2D eigenvalue weighted by Crippen LogP contribution is -2.41. The number of hydrogen-bond donors (Lipinski definition) is 0. The number of hydrogen-bond acceptors (Lipinski definition) is 1. The Kier molecular flexibility index (Phi) is 3.47. The summed E-state index contributed by atoms with van der Waals surface area (Å²) in [5.74, 6) is -0.562. The normalized spacial score (nSPS) is 12.7. The quantitative estimate of drug-likeness (QED) is 0.741. The van der Waals surface area contributed by atoms with Crippen molar-refractivity contribution in [2.24, 2.45) is 0 Å². The van der Waals surface area contributed by atoms with Crippen LogP contribution in [0, 0.1) is 6.92 Å². The Morgan fingerprint density at radius 1 is 1.12 bits per heavy atom. The van der Waals surface area contributed by atoms with E-state index < -0.39 is 18.0 Å². The van der Waals surface area contributed by atoms with Crippen LogP contribution in [-0.2, 0) is 0 Å². The molecule has 0 spiro atoms. The first kappa shape index (κ1) is 13.2. The molecule has 1 aromatic carbocycles. The number of alkyl halides is 5. The number of ether oxygens (including phenoxy) is 1. The van der Waals surface area contributed by atoms with E-state index in [1.165, 1.54) is 12.1 Å². The summed E-state index contributed by atoms with van der Waals surface area (Å²) in [6, 6.07) is 3.79. The fourth-order valence-corrected chi connectivity index (χ4v) is 1.46. The fourth-order valence-electron chi connectivity index (χ4n) is 0.885. The van der Waals surface area contributed by atoms with E-state index in [4.69, 9.17) is 0 Å². The van der Waals surface area contributed by atoms with E-state index in [0.29, 0.717) is 5.56 Å². The van der Waals surface area contributed by atoms with Crippen molar-refractivity contribution in [3.8, 4) is 5.75 Å². The number of aryl methyl sites for hydroxylation is 1. The van der Waals surface area contributed by atoms with Gasteiger partial charge < -0.3 is 4.74 Å². The second kappa shape index (κ2) is 4.20. The van der Waals surface area contributed by atoms with E-state index in [2.05, 4.69) is 20.7 Å². The smallest absolute Gasteiger partial charge is 0.425 e. The van der Waals surface area contributed by atoms with Gasteiger partial charge in [-0.1, -0.05) is 6.07 Å². The van der Waals surface area contributed by atoms with Gasteiger partial charge in [-0.25, -0.2) is 0 Å². The molecule has 0 aromatic heterocycles. The Hall–Kier alpha value is -0.850. The third-order valence-electron chi connectivity index (χ3n) is 1.66. The van der Waals surface area contributed by atoms with Crippen LogP contribution in [0.2, 0.25) is 0 Å². The van der Waals surface area contributed by atoms with Crippen LogP contribution in [0.4, 0.5) is 22.0 Å². The Balaban J connectivity index is 2.97. The average Bonchev–Trinajstić information content (AvgIpc) is 2.08. The van der Waals surface area contributed by atoms with Crippen LogP contribution in [0.1, 0.15) is 5.56 Å². The van der Waals surface area contributed by atoms with Crippen molar-refractivity contribution >= 4 is 15.9 Å². The molecule has 0 saturated heterocycles. The Morgan fingerprint density at radius 3 is 2.12 bits per heavy atom. The van der Waals surface area contributed by atoms with Gasteiger partial charge in [0, 0.05) is 0 Å². The van der Waals surface area contributed by atoms with Crippen LogP contribution >= 0.6 is 15.9 Å². The van der Waals surface area contributed by atoms with Crippen molar-refractivity contribution in [1.82, 2.24) is 0 Å². The zero-order valence-corrected chi connectivity index (χ0v) is 9.49. The van der Waals surface area contributed by atoms with Crippen LogP contribution in [0.3, 0.4) is 0 Å². The standard InChI is InChI=1S/C9H6BrF5O/c1-5-2-3-7(6(10)4-5)16-9(14,15)8(11,12)13/h2-4H,1H3. The van der Waals surface area contributed by atoms with E-state index in [1.807, 2.05) is 0 Å². The van der Waals surface area contributed by atoms with E-state index in [1.54, 1.807) is 6.92 Å². The average molecular weight is 305 g/mol. The third-order valence-corrected chi connectivity index (χ3v) is 2.28. The first-order valence-corrected chi connectivity index (χ1v) is 4.82. The van der Waals surface area contributed by atoms with Gasteiger partial charge in [-0.05, 0) is 40.5 Å². The molecule has 1 nitrogen and oxygen atoms in total. The Labute approximate surface area is 96.3 Å². The summed E-state index contributed by atoms with van der Waals surface area (Å²) in [5, 5.41) is 0.